The first-order chi connectivity index (χ1) is 16.6. The number of H-pyrrole nitrogens is 1. The van der Waals surface area contributed by atoms with Crippen LogP contribution in [0.3, 0.4) is 0 Å². The number of para-hydroxylation sites is 1. The molecule has 7 heteroatoms. The molecule has 7 nitrogen and oxygen atoms in total. The molecule has 1 aliphatic heterocycles. The molecule has 1 saturated heterocycles. The SMILES string of the molecule is O=C(c1ccccc1)c1ccc(C(=O)N2CCN(Cc3nc4ccccc4c(=O)[nH]3)CC2)cc1. The Hall–Kier alpha value is -4.10. The van der Waals surface area contributed by atoms with Crippen molar-refractivity contribution in [3.8, 4) is 0 Å². The number of nitrogens with zero attached hydrogens (tertiary/aromatic N) is 3. The molecule has 34 heavy (non-hydrogen) atoms. The summed E-state index contributed by atoms with van der Waals surface area (Å²) in [6.07, 6.45) is 0. The van der Waals surface area contributed by atoms with Gasteiger partial charge in [0, 0.05) is 42.9 Å². The fourth-order valence-corrected chi connectivity index (χ4v) is 4.23. The molecule has 1 aromatic heterocycles. The van der Waals surface area contributed by atoms with Crippen molar-refractivity contribution >= 4 is 22.6 Å². The Labute approximate surface area is 196 Å². The first-order valence-electron chi connectivity index (χ1n) is 11.3. The van der Waals surface area contributed by atoms with Crippen LogP contribution < -0.4 is 5.56 Å². The lowest BCUT2D eigenvalue weighted by Gasteiger charge is -2.34. The lowest BCUT2D eigenvalue weighted by Crippen LogP contribution is -2.48. The molecular formula is C27H24N4O3. The van der Waals surface area contributed by atoms with Gasteiger partial charge in [-0.2, -0.15) is 0 Å². The number of aromatic nitrogens is 2. The van der Waals surface area contributed by atoms with Crippen molar-refractivity contribution in [1.29, 1.82) is 0 Å². The van der Waals surface area contributed by atoms with E-state index in [2.05, 4.69) is 14.9 Å². The van der Waals surface area contributed by atoms with E-state index >= 15 is 0 Å². The number of amides is 1. The highest BCUT2D eigenvalue weighted by molar-refractivity contribution is 6.09. The molecule has 5 rings (SSSR count). The van der Waals surface area contributed by atoms with Crippen LogP contribution in [0.2, 0.25) is 0 Å². The van der Waals surface area contributed by atoms with Crippen LogP contribution in [0.5, 0.6) is 0 Å². The molecule has 1 aliphatic rings. The minimum absolute atomic E-state index is 0.0457. The predicted molar refractivity (Wildman–Crippen MR) is 130 cm³/mol. The minimum atomic E-state index is -0.136. The third-order valence-corrected chi connectivity index (χ3v) is 6.12. The lowest BCUT2D eigenvalue weighted by molar-refractivity contribution is 0.0625. The number of aromatic amines is 1. The molecule has 2 heterocycles. The molecule has 3 aromatic carbocycles. The third-order valence-electron chi connectivity index (χ3n) is 6.12. The van der Waals surface area contributed by atoms with Crippen LogP contribution in [-0.2, 0) is 6.54 Å². The summed E-state index contributed by atoms with van der Waals surface area (Å²) in [5.41, 5.74) is 2.30. The zero-order valence-electron chi connectivity index (χ0n) is 18.6. The van der Waals surface area contributed by atoms with E-state index in [9.17, 15) is 14.4 Å². The van der Waals surface area contributed by atoms with Gasteiger partial charge in [-0.1, -0.05) is 54.6 Å². The number of fused-ring (bicyclic) bond motifs is 1. The van der Waals surface area contributed by atoms with Crippen LogP contribution in [-0.4, -0.2) is 57.6 Å². The lowest BCUT2D eigenvalue weighted by atomic mass is 10.0. The molecular weight excluding hydrogens is 428 g/mol. The van der Waals surface area contributed by atoms with Crippen LogP contribution in [0.15, 0.2) is 83.7 Å². The van der Waals surface area contributed by atoms with Crippen molar-refractivity contribution < 1.29 is 9.59 Å². The zero-order valence-corrected chi connectivity index (χ0v) is 18.6. The summed E-state index contributed by atoms with van der Waals surface area (Å²) in [4.78, 5) is 49.3. The highest BCUT2D eigenvalue weighted by atomic mass is 16.2. The number of nitrogens with one attached hydrogen (secondary N) is 1. The summed E-state index contributed by atoms with van der Waals surface area (Å²) in [5.74, 6) is 0.520. The maximum Gasteiger partial charge on any atom is 0.258 e. The molecule has 1 N–H and O–H groups in total. The fourth-order valence-electron chi connectivity index (χ4n) is 4.23. The van der Waals surface area contributed by atoms with E-state index in [0.29, 0.717) is 66.1 Å². The van der Waals surface area contributed by atoms with Gasteiger partial charge in [0.05, 0.1) is 17.4 Å². The maximum absolute atomic E-state index is 13.0. The Morgan fingerprint density at radius 3 is 2.12 bits per heavy atom. The number of hydrogen-bond acceptors (Lipinski definition) is 5. The zero-order chi connectivity index (χ0) is 23.5. The van der Waals surface area contributed by atoms with Gasteiger partial charge in [0.25, 0.3) is 11.5 Å². The summed E-state index contributed by atoms with van der Waals surface area (Å²) >= 11 is 0. The first-order valence-corrected chi connectivity index (χ1v) is 11.3. The molecule has 0 saturated carbocycles. The number of ketones is 1. The van der Waals surface area contributed by atoms with Crippen LogP contribution in [0.25, 0.3) is 10.9 Å². The van der Waals surface area contributed by atoms with Crippen molar-refractivity contribution in [3.05, 3.63) is 112 Å². The minimum Gasteiger partial charge on any atom is -0.336 e. The van der Waals surface area contributed by atoms with Crippen molar-refractivity contribution in [2.75, 3.05) is 26.2 Å². The summed E-state index contributed by atoms with van der Waals surface area (Å²) < 4.78 is 0. The van der Waals surface area contributed by atoms with Crippen molar-refractivity contribution in [1.82, 2.24) is 19.8 Å². The summed E-state index contributed by atoms with van der Waals surface area (Å²) in [7, 11) is 0. The molecule has 4 aromatic rings. The second kappa shape index (κ2) is 9.41. The van der Waals surface area contributed by atoms with Crippen molar-refractivity contribution in [3.63, 3.8) is 0 Å². The number of carbonyl (C=O) groups excluding carboxylic acids is 2. The van der Waals surface area contributed by atoms with E-state index in [-0.39, 0.29) is 17.2 Å². The molecule has 0 unspecified atom stereocenters. The number of piperazine rings is 1. The standard InChI is InChI=1S/C27H24N4O3/c32-25(19-6-2-1-3-7-19)20-10-12-21(13-11-20)27(34)31-16-14-30(15-17-31)18-24-28-23-9-5-4-8-22(23)26(33)29-24/h1-13H,14-18H2,(H,28,29,33). The molecule has 0 atom stereocenters. The number of rotatable bonds is 5. The average molecular weight is 453 g/mol. The monoisotopic (exact) mass is 452 g/mol. The molecule has 0 bridgehead atoms. The van der Waals surface area contributed by atoms with E-state index in [4.69, 9.17) is 0 Å². The second-order valence-corrected chi connectivity index (χ2v) is 8.37. The molecule has 0 aliphatic carbocycles. The average Bonchev–Trinajstić information content (AvgIpc) is 2.89. The van der Waals surface area contributed by atoms with Crippen LogP contribution in [0, 0.1) is 0 Å². The topological polar surface area (TPSA) is 86.4 Å². The van der Waals surface area contributed by atoms with E-state index < -0.39 is 0 Å². The van der Waals surface area contributed by atoms with Gasteiger partial charge in [0.15, 0.2) is 5.78 Å². The van der Waals surface area contributed by atoms with Crippen LogP contribution in [0.1, 0.15) is 32.1 Å². The van der Waals surface area contributed by atoms with Gasteiger partial charge < -0.3 is 9.88 Å². The Bertz CT molecular complexity index is 1390. The van der Waals surface area contributed by atoms with Crippen LogP contribution in [0.4, 0.5) is 0 Å². The second-order valence-electron chi connectivity index (χ2n) is 8.37. The van der Waals surface area contributed by atoms with Gasteiger partial charge in [-0.3, -0.25) is 19.3 Å². The van der Waals surface area contributed by atoms with Gasteiger partial charge >= 0.3 is 0 Å². The molecule has 0 spiro atoms. The van der Waals surface area contributed by atoms with Gasteiger partial charge in [-0.15, -0.1) is 0 Å². The Kier molecular flexibility index (Phi) is 6.01. The molecule has 170 valence electrons. The summed E-state index contributed by atoms with van der Waals surface area (Å²) in [5, 5.41) is 0.582. The first kappa shape index (κ1) is 21.7. The quantitative estimate of drug-likeness (QED) is 0.470. The third kappa shape index (κ3) is 4.51. The van der Waals surface area contributed by atoms with Crippen LogP contribution >= 0.6 is 0 Å². The van der Waals surface area contributed by atoms with E-state index in [1.807, 2.05) is 41.3 Å². The van der Waals surface area contributed by atoms with Gasteiger partial charge in [-0.05, 0) is 24.3 Å². The molecule has 1 amide bonds. The van der Waals surface area contributed by atoms with E-state index in [0.717, 1.165) is 0 Å². The number of benzene rings is 3. The number of carbonyl (C=O) groups is 2. The van der Waals surface area contributed by atoms with Gasteiger partial charge in [0.2, 0.25) is 0 Å². The summed E-state index contributed by atoms with van der Waals surface area (Å²) in [6, 6.07) is 23.2. The predicted octanol–water partition coefficient (Wildman–Crippen LogP) is 3.11. The smallest absolute Gasteiger partial charge is 0.258 e. The Morgan fingerprint density at radius 1 is 0.765 bits per heavy atom. The maximum atomic E-state index is 13.0. The highest BCUT2D eigenvalue weighted by Gasteiger charge is 2.23. The summed E-state index contributed by atoms with van der Waals surface area (Å²) in [6.45, 7) is 3.07. The highest BCUT2D eigenvalue weighted by Crippen LogP contribution is 2.15. The van der Waals surface area contributed by atoms with E-state index in [1.54, 1.807) is 42.5 Å². The Balaban J connectivity index is 1.20. The van der Waals surface area contributed by atoms with Gasteiger partial charge in [0.1, 0.15) is 5.82 Å². The molecule has 1 fully saturated rings. The van der Waals surface area contributed by atoms with Crippen molar-refractivity contribution in [2.24, 2.45) is 0 Å². The Morgan fingerprint density at radius 2 is 1.38 bits per heavy atom. The number of hydrogen-bond donors (Lipinski definition) is 1. The van der Waals surface area contributed by atoms with E-state index in [1.165, 1.54) is 0 Å². The molecule has 0 radical (unpaired) electrons. The largest absolute Gasteiger partial charge is 0.336 e. The van der Waals surface area contributed by atoms with Gasteiger partial charge in [-0.25, -0.2) is 4.98 Å². The fraction of sp³-hybridized carbons (Fsp3) is 0.185. The van der Waals surface area contributed by atoms with Crippen molar-refractivity contribution in [2.45, 2.75) is 6.54 Å². The normalized spacial score (nSPS) is 14.3.